The van der Waals surface area contributed by atoms with Crippen LogP contribution in [0.1, 0.15) is 25.6 Å². The van der Waals surface area contributed by atoms with E-state index in [1.807, 2.05) is 29.2 Å². The molecule has 0 saturated heterocycles. The molecule has 0 amide bonds. The molecule has 5 heteroatoms. The smallest absolute Gasteiger partial charge is 0.218 e. The van der Waals surface area contributed by atoms with Gasteiger partial charge in [-0.25, -0.2) is 0 Å². The largest absolute Gasteiger partial charge is 0.493 e. The first-order chi connectivity index (χ1) is 9.61. The van der Waals surface area contributed by atoms with Gasteiger partial charge in [0.2, 0.25) is 5.11 Å². The average molecular weight is 289 g/mol. The average Bonchev–Trinajstić information content (AvgIpc) is 2.79. The van der Waals surface area contributed by atoms with E-state index in [0.29, 0.717) is 17.6 Å². The summed E-state index contributed by atoms with van der Waals surface area (Å²) in [6, 6.07) is 7.92. The minimum absolute atomic E-state index is 0.153. The zero-order valence-electron chi connectivity index (χ0n) is 11.8. The van der Waals surface area contributed by atoms with Crippen molar-refractivity contribution in [2.24, 2.45) is 16.1 Å². The van der Waals surface area contributed by atoms with Crippen molar-refractivity contribution < 1.29 is 4.74 Å². The molecule has 1 aliphatic heterocycles. The van der Waals surface area contributed by atoms with E-state index < -0.39 is 0 Å². The van der Waals surface area contributed by atoms with Crippen molar-refractivity contribution in [3.05, 3.63) is 42.5 Å². The fourth-order valence-corrected chi connectivity index (χ4v) is 2.11. The standard InChI is InChI=1S/C15H19N3OS/c1-4-9-18-14(16-17-15(18)20)12-5-7-13(8-6-12)19-10-11(2)3/h4-8,11,14H,1,9-10H2,2-3H3. The predicted molar refractivity (Wildman–Crippen MR) is 83.9 cm³/mol. The highest BCUT2D eigenvalue weighted by Crippen LogP contribution is 2.29. The molecule has 0 fully saturated rings. The van der Waals surface area contributed by atoms with Crippen molar-refractivity contribution in [2.45, 2.75) is 20.0 Å². The number of nitrogens with zero attached hydrogens (tertiary/aromatic N) is 3. The molecule has 0 spiro atoms. The van der Waals surface area contributed by atoms with Crippen LogP contribution in [0.15, 0.2) is 47.1 Å². The van der Waals surface area contributed by atoms with Gasteiger partial charge in [-0.1, -0.05) is 32.1 Å². The monoisotopic (exact) mass is 289 g/mol. The Morgan fingerprint density at radius 3 is 2.70 bits per heavy atom. The van der Waals surface area contributed by atoms with Crippen LogP contribution in [0.25, 0.3) is 0 Å². The van der Waals surface area contributed by atoms with Crippen molar-refractivity contribution in [2.75, 3.05) is 13.2 Å². The summed E-state index contributed by atoms with van der Waals surface area (Å²) in [5, 5.41) is 8.70. The Kier molecular flexibility index (Phi) is 4.84. The van der Waals surface area contributed by atoms with Crippen LogP contribution < -0.4 is 4.74 Å². The maximum atomic E-state index is 5.67. The summed E-state index contributed by atoms with van der Waals surface area (Å²) in [4.78, 5) is 1.94. The molecule has 1 aliphatic rings. The summed E-state index contributed by atoms with van der Waals surface area (Å²) < 4.78 is 5.67. The normalized spacial score (nSPS) is 17.9. The molecule has 0 N–H and O–H groups in total. The molecule has 1 unspecified atom stereocenters. The zero-order chi connectivity index (χ0) is 14.5. The summed E-state index contributed by atoms with van der Waals surface area (Å²) in [6.07, 6.45) is 1.65. The van der Waals surface area contributed by atoms with Crippen LogP contribution in [-0.4, -0.2) is 23.2 Å². The van der Waals surface area contributed by atoms with E-state index >= 15 is 0 Å². The van der Waals surface area contributed by atoms with E-state index in [9.17, 15) is 0 Å². The van der Waals surface area contributed by atoms with Crippen LogP contribution in [-0.2, 0) is 0 Å². The summed E-state index contributed by atoms with van der Waals surface area (Å²) in [5.74, 6) is 1.38. The number of azo groups is 1. The lowest BCUT2D eigenvalue weighted by Crippen LogP contribution is -2.27. The molecule has 1 atom stereocenters. The molecule has 4 nitrogen and oxygen atoms in total. The van der Waals surface area contributed by atoms with Crippen LogP contribution in [0.4, 0.5) is 0 Å². The molecule has 1 aromatic carbocycles. The van der Waals surface area contributed by atoms with Crippen LogP contribution in [0.2, 0.25) is 0 Å². The van der Waals surface area contributed by atoms with E-state index in [1.54, 1.807) is 6.08 Å². The molecule has 0 bridgehead atoms. The van der Waals surface area contributed by atoms with Crippen molar-refractivity contribution in [3.63, 3.8) is 0 Å². The quantitative estimate of drug-likeness (QED) is 0.587. The van der Waals surface area contributed by atoms with E-state index in [-0.39, 0.29) is 6.17 Å². The second-order valence-corrected chi connectivity index (χ2v) is 5.45. The van der Waals surface area contributed by atoms with Crippen LogP contribution in [0.3, 0.4) is 0 Å². The van der Waals surface area contributed by atoms with E-state index in [2.05, 4.69) is 30.7 Å². The number of rotatable bonds is 6. The van der Waals surface area contributed by atoms with Gasteiger partial charge in [0.15, 0.2) is 6.17 Å². The summed E-state index contributed by atoms with van der Waals surface area (Å²) in [6.45, 7) is 9.35. The molecule has 0 aliphatic carbocycles. The summed E-state index contributed by atoms with van der Waals surface area (Å²) in [7, 11) is 0. The molecule has 106 valence electrons. The highest BCUT2D eigenvalue weighted by molar-refractivity contribution is 7.80. The van der Waals surface area contributed by atoms with E-state index in [0.717, 1.165) is 17.9 Å². The molecule has 1 aromatic rings. The number of benzene rings is 1. The molecular formula is C15H19N3OS. The van der Waals surface area contributed by atoms with Crippen molar-refractivity contribution in [3.8, 4) is 5.75 Å². The minimum atomic E-state index is -0.153. The van der Waals surface area contributed by atoms with Crippen molar-refractivity contribution in [1.29, 1.82) is 0 Å². The summed E-state index contributed by atoms with van der Waals surface area (Å²) in [5.41, 5.74) is 1.05. The predicted octanol–water partition coefficient (Wildman–Crippen LogP) is 3.96. The Bertz CT molecular complexity index is 510. The topological polar surface area (TPSA) is 37.2 Å². The highest BCUT2D eigenvalue weighted by Gasteiger charge is 2.26. The Balaban J connectivity index is 2.07. The van der Waals surface area contributed by atoms with Gasteiger partial charge in [0.1, 0.15) is 5.75 Å². The number of hydrogen-bond donors (Lipinski definition) is 0. The maximum Gasteiger partial charge on any atom is 0.218 e. The van der Waals surface area contributed by atoms with Crippen LogP contribution >= 0.6 is 12.2 Å². The zero-order valence-corrected chi connectivity index (χ0v) is 12.6. The van der Waals surface area contributed by atoms with Gasteiger partial charge in [-0.3, -0.25) is 0 Å². The Labute approximate surface area is 125 Å². The minimum Gasteiger partial charge on any atom is -0.493 e. The van der Waals surface area contributed by atoms with Gasteiger partial charge in [-0.15, -0.1) is 11.7 Å². The first kappa shape index (κ1) is 14.7. The third kappa shape index (κ3) is 3.42. The maximum absolute atomic E-state index is 5.67. The fraction of sp³-hybridized carbons (Fsp3) is 0.400. The summed E-state index contributed by atoms with van der Waals surface area (Å²) >= 11 is 5.17. The molecule has 0 saturated carbocycles. The van der Waals surface area contributed by atoms with E-state index in [4.69, 9.17) is 17.0 Å². The van der Waals surface area contributed by atoms with Crippen LogP contribution in [0, 0.1) is 5.92 Å². The Hall–Kier alpha value is -1.75. The second kappa shape index (κ2) is 6.61. The van der Waals surface area contributed by atoms with Gasteiger partial charge in [0.05, 0.1) is 6.61 Å². The van der Waals surface area contributed by atoms with Crippen molar-refractivity contribution >= 4 is 17.3 Å². The molecule has 1 heterocycles. The van der Waals surface area contributed by atoms with Gasteiger partial charge < -0.3 is 9.64 Å². The Morgan fingerprint density at radius 1 is 1.40 bits per heavy atom. The number of thiocarbonyl (C=S) groups is 1. The van der Waals surface area contributed by atoms with Gasteiger partial charge >= 0.3 is 0 Å². The number of hydrogen-bond acceptors (Lipinski definition) is 3. The van der Waals surface area contributed by atoms with Gasteiger partial charge in [-0.2, -0.15) is 5.11 Å². The fourth-order valence-electron chi connectivity index (χ4n) is 1.89. The van der Waals surface area contributed by atoms with Gasteiger partial charge in [0, 0.05) is 6.54 Å². The third-order valence-corrected chi connectivity index (χ3v) is 3.20. The van der Waals surface area contributed by atoms with Crippen molar-refractivity contribution in [1.82, 2.24) is 4.90 Å². The lowest BCUT2D eigenvalue weighted by atomic mass is 10.1. The molecule has 0 aromatic heterocycles. The molecule has 20 heavy (non-hydrogen) atoms. The second-order valence-electron chi connectivity index (χ2n) is 5.09. The lowest BCUT2D eigenvalue weighted by molar-refractivity contribution is 0.271. The number of ether oxygens (including phenoxy) is 1. The van der Waals surface area contributed by atoms with Crippen LogP contribution in [0.5, 0.6) is 5.75 Å². The van der Waals surface area contributed by atoms with Gasteiger partial charge in [0.25, 0.3) is 0 Å². The van der Waals surface area contributed by atoms with E-state index in [1.165, 1.54) is 0 Å². The van der Waals surface area contributed by atoms with Gasteiger partial charge in [-0.05, 0) is 35.8 Å². The molecule has 0 radical (unpaired) electrons. The molecular weight excluding hydrogens is 270 g/mol. The molecule has 2 rings (SSSR count). The first-order valence-corrected chi connectivity index (χ1v) is 7.07. The lowest BCUT2D eigenvalue weighted by Gasteiger charge is -2.21. The SMILES string of the molecule is C=CCN1C(=S)N=NC1c1ccc(OCC(C)C)cc1. The first-order valence-electron chi connectivity index (χ1n) is 6.67. The highest BCUT2D eigenvalue weighted by atomic mass is 32.1. The third-order valence-electron chi connectivity index (χ3n) is 2.88. The Morgan fingerprint density at radius 2 is 2.10 bits per heavy atom.